The van der Waals surface area contributed by atoms with Crippen LogP contribution in [-0.2, 0) is 16.0 Å². The van der Waals surface area contributed by atoms with Gasteiger partial charge in [-0.3, -0.25) is 9.59 Å². The van der Waals surface area contributed by atoms with Crippen molar-refractivity contribution in [2.24, 2.45) is 0 Å². The Bertz CT molecular complexity index is 1260. The van der Waals surface area contributed by atoms with E-state index in [4.69, 9.17) is 4.42 Å². The van der Waals surface area contributed by atoms with E-state index in [1.165, 1.54) is 0 Å². The van der Waals surface area contributed by atoms with Crippen LogP contribution in [0.3, 0.4) is 0 Å². The van der Waals surface area contributed by atoms with Gasteiger partial charge >= 0.3 is 0 Å². The zero-order valence-electron chi connectivity index (χ0n) is 19.8. The van der Waals surface area contributed by atoms with Gasteiger partial charge in [0.15, 0.2) is 0 Å². The summed E-state index contributed by atoms with van der Waals surface area (Å²) in [5.41, 5.74) is 4.26. The predicted octanol–water partition coefficient (Wildman–Crippen LogP) is 2.22. The van der Waals surface area contributed by atoms with Gasteiger partial charge in [-0.15, -0.1) is 10.2 Å². The van der Waals surface area contributed by atoms with Crippen LogP contribution in [0.2, 0.25) is 0 Å². The number of carbonyl (C=O) groups excluding carboxylic acids is 2. The Morgan fingerprint density at radius 1 is 1.26 bits per heavy atom. The third-order valence-corrected chi connectivity index (χ3v) is 6.84. The van der Waals surface area contributed by atoms with Crippen LogP contribution in [0.15, 0.2) is 46.9 Å². The summed E-state index contributed by atoms with van der Waals surface area (Å²) in [6.07, 6.45) is 0.696. The molecule has 0 saturated carbocycles. The molecule has 1 saturated heterocycles. The van der Waals surface area contributed by atoms with Gasteiger partial charge in [0.05, 0.1) is 18.4 Å². The molecule has 3 aromatic rings. The highest BCUT2D eigenvalue weighted by Crippen LogP contribution is 2.38. The largest absolute Gasteiger partial charge is 0.421 e. The summed E-state index contributed by atoms with van der Waals surface area (Å²) >= 11 is 0. The third-order valence-electron chi connectivity index (χ3n) is 6.84. The molecule has 2 aliphatic rings. The SMILES string of the molecule is CNC(=O)C(c1ccc2c(c1)NC(=O)C2)[C@H](CN1CC[C@H](O)C1)c1cccc(-c2nnc(C)o2)c1. The summed E-state index contributed by atoms with van der Waals surface area (Å²) in [6.45, 7) is 3.67. The minimum atomic E-state index is -0.514. The van der Waals surface area contributed by atoms with Crippen molar-refractivity contribution in [2.45, 2.75) is 37.7 Å². The minimum absolute atomic E-state index is 0.0428. The number of anilines is 1. The lowest BCUT2D eigenvalue weighted by Gasteiger charge is -2.31. The zero-order chi connectivity index (χ0) is 24.5. The summed E-state index contributed by atoms with van der Waals surface area (Å²) in [5.74, 6) is 0.0179. The predicted molar refractivity (Wildman–Crippen MR) is 130 cm³/mol. The molecule has 3 heterocycles. The Morgan fingerprint density at radius 3 is 2.83 bits per heavy atom. The van der Waals surface area contributed by atoms with Crippen LogP contribution in [0.25, 0.3) is 11.5 Å². The standard InChI is InChI=1S/C26H29N5O4/c1-15-29-30-26(35-15)19-5-3-4-16(10-19)21(14-31-9-8-20(32)13-31)24(25(34)27-2)18-7-6-17-12-23(33)28-22(17)11-18/h3-7,10-11,20-21,24,32H,8-9,12-14H2,1-2H3,(H,27,34)(H,28,33)/t20-,21+,24?/m0/s1. The lowest BCUT2D eigenvalue weighted by Crippen LogP contribution is -2.36. The number of β-amino-alcohol motifs (C(OH)–C–C–N with tert-alkyl or cyclic N) is 1. The van der Waals surface area contributed by atoms with Crippen LogP contribution in [0.1, 0.15) is 40.8 Å². The van der Waals surface area contributed by atoms with Crippen molar-refractivity contribution in [2.75, 3.05) is 32.0 Å². The first kappa shape index (κ1) is 23.2. The summed E-state index contributed by atoms with van der Waals surface area (Å²) in [7, 11) is 1.64. The molecule has 0 spiro atoms. The smallest absolute Gasteiger partial charge is 0.247 e. The van der Waals surface area contributed by atoms with Crippen molar-refractivity contribution in [3.05, 3.63) is 65.0 Å². The number of carbonyl (C=O) groups is 2. The quantitative estimate of drug-likeness (QED) is 0.479. The second-order valence-corrected chi connectivity index (χ2v) is 9.29. The molecule has 0 bridgehead atoms. The molecule has 0 radical (unpaired) electrons. The fourth-order valence-electron chi connectivity index (χ4n) is 5.12. The number of nitrogens with one attached hydrogen (secondary N) is 2. The van der Waals surface area contributed by atoms with Crippen molar-refractivity contribution in [1.82, 2.24) is 20.4 Å². The first-order valence-corrected chi connectivity index (χ1v) is 11.9. The maximum atomic E-state index is 13.4. The molecule has 5 rings (SSSR count). The molecule has 1 fully saturated rings. The molecule has 3 atom stereocenters. The van der Waals surface area contributed by atoms with E-state index in [0.29, 0.717) is 37.7 Å². The number of likely N-dealkylation sites (tertiary alicyclic amines) is 1. The van der Waals surface area contributed by atoms with Gasteiger partial charge in [0, 0.05) is 50.8 Å². The average molecular weight is 476 g/mol. The fraction of sp³-hybridized carbons (Fsp3) is 0.385. The number of amides is 2. The van der Waals surface area contributed by atoms with Crippen LogP contribution < -0.4 is 10.6 Å². The lowest BCUT2D eigenvalue weighted by molar-refractivity contribution is -0.122. The number of aryl methyl sites for hydroxylation is 1. The van der Waals surface area contributed by atoms with Crippen LogP contribution in [0, 0.1) is 6.92 Å². The van der Waals surface area contributed by atoms with Gasteiger partial charge in [-0.05, 0) is 41.3 Å². The molecular weight excluding hydrogens is 446 g/mol. The minimum Gasteiger partial charge on any atom is -0.421 e. The third kappa shape index (κ3) is 4.82. The van der Waals surface area contributed by atoms with Gasteiger partial charge in [0.1, 0.15) is 0 Å². The Balaban J connectivity index is 1.57. The number of hydrogen-bond acceptors (Lipinski definition) is 7. The highest BCUT2D eigenvalue weighted by Gasteiger charge is 2.35. The molecular formula is C26H29N5O4. The summed E-state index contributed by atoms with van der Waals surface area (Å²) in [6, 6.07) is 13.6. The molecule has 1 unspecified atom stereocenters. The summed E-state index contributed by atoms with van der Waals surface area (Å²) in [5, 5.41) is 24.0. The number of rotatable bonds is 7. The highest BCUT2D eigenvalue weighted by molar-refractivity contribution is 5.99. The van der Waals surface area contributed by atoms with Gasteiger partial charge < -0.3 is 25.1 Å². The molecule has 9 nitrogen and oxygen atoms in total. The van der Waals surface area contributed by atoms with E-state index in [2.05, 4.69) is 25.7 Å². The molecule has 3 N–H and O–H groups in total. The van der Waals surface area contributed by atoms with E-state index in [1.54, 1.807) is 14.0 Å². The van der Waals surface area contributed by atoms with Crippen molar-refractivity contribution < 1.29 is 19.1 Å². The van der Waals surface area contributed by atoms with E-state index < -0.39 is 5.92 Å². The van der Waals surface area contributed by atoms with Crippen LogP contribution in [0.4, 0.5) is 5.69 Å². The Morgan fingerprint density at radius 2 is 2.11 bits per heavy atom. The summed E-state index contributed by atoms with van der Waals surface area (Å²) in [4.78, 5) is 27.5. The Labute approximate surface area is 203 Å². The van der Waals surface area contributed by atoms with Crippen molar-refractivity contribution >= 4 is 17.5 Å². The lowest BCUT2D eigenvalue weighted by atomic mass is 9.79. The molecule has 0 aliphatic carbocycles. The second kappa shape index (κ2) is 9.59. The Hall–Kier alpha value is -3.56. The number of aliphatic hydroxyl groups excluding tert-OH is 1. The van der Waals surface area contributed by atoms with E-state index in [-0.39, 0.29) is 23.8 Å². The van der Waals surface area contributed by atoms with Gasteiger partial charge in [-0.1, -0.05) is 24.3 Å². The highest BCUT2D eigenvalue weighted by atomic mass is 16.4. The molecule has 2 amide bonds. The maximum Gasteiger partial charge on any atom is 0.247 e. The molecule has 2 aliphatic heterocycles. The topological polar surface area (TPSA) is 121 Å². The second-order valence-electron chi connectivity index (χ2n) is 9.29. The van der Waals surface area contributed by atoms with E-state index in [1.807, 2.05) is 42.5 Å². The van der Waals surface area contributed by atoms with Crippen molar-refractivity contribution in [1.29, 1.82) is 0 Å². The first-order valence-electron chi connectivity index (χ1n) is 11.9. The van der Waals surface area contributed by atoms with Crippen molar-refractivity contribution in [3.63, 3.8) is 0 Å². The van der Waals surface area contributed by atoms with Gasteiger partial charge in [0.25, 0.3) is 0 Å². The molecule has 182 valence electrons. The monoisotopic (exact) mass is 475 g/mol. The zero-order valence-corrected chi connectivity index (χ0v) is 19.8. The van der Waals surface area contributed by atoms with Crippen LogP contribution >= 0.6 is 0 Å². The number of aromatic nitrogens is 2. The molecule has 1 aromatic heterocycles. The maximum absolute atomic E-state index is 13.4. The first-order chi connectivity index (χ1) is 16.9. The van der Waals surface area contributed by atoms with E-state index in [9.17, 15) is 14.7 Å². The van der Waals surface area contributed by atoms with E-state index >= 15 is 0 Å². The number of likely N-dealkylation sites (N-methyl/N-ethyl adjacent to an activating group) is 1. The summed E-state index contributed by atoms with van der Waals surface area (Å²) < 4.78 is 5.64. The van der Waals surface area contributed by atoms with Gasteiger partial charge in [0.2, 0.25) is 23.6 Å². The van der Waals surface area contributed by atoms with Gasteiger partial charge in [-0.2, -0.15) is 0 Å². The van der Waals surface area contributed by atoms with Crippen molar-refractivity contribution in [3.8, 4) is 11.5 Å². The number of aliphatic hydroxyl groups is 1. The fourth-order valence-corrected chi connectivity index (χ4v) is 5.12. The number of fused-ring (bicyclic) bond motifs is 1. The molecule has 35 heavy (non-hydrogen) atoms. The van der Waals surface area contributed by atoms with Crippen LogP contribution in [0.5, 0.6) is 0 Å². The number of hydrogen-bond donors (Lipinski definition) is 3. The number of nitrogens with zero attached hydrogens (tertiary/aromatic N) is 3. The van der Waals surface area contributed by atoms with Crippen LogP contribution in [-0.4, -0.2) is 64.8 Å². The average Bonchev–Trinajstić information content (AvgIpc) is 3.57. The van der Waals surface area contributed by atoms with E-state index in [0.717, 1.165) is 34.5 Å². The molecule has 9 heteroatoms. The Kier molecular flexibility index (Phi) is 6.36. The van der Waals surface area contributed by atoms with Gasteiger partial charge in [-0.25, -0.2) is 0 Å². The normalized spacial score (nSPS) is 19.3. The number of benzene rings is 2. The molecule has 2 aromatic carbocycles.